The van der Waals surface area contributed by atoms with Gasteiger partial charge in [-0.3, -0.25) is 0 Å². The molecule has 19 heavy (non-hydrogen) atoms. The van der Waals surface area contributed by atoms with Crippen molar-refractivity contribution in [3.63, 3.8) is 0 Å². The van der Waals surface area contributed by atoms with E-state index >= 15 is 0 Å². The van der Waals surface area contributed by atoms with Crippen molar-refractivity contribution in [2.45, 2.75) is 22.7 Å². The van der Waals surface area contributed by atoms with Crippen LogP contribution in [0.25, 0.3) is 0 Å². The molecule has 0 aliphatic heterocycles. The molecule has 0 fully saturated rings. The van der Waals surface area contributed by atoms with Gasteiger partial charge in [-0.15, -0.1) is 0 Å². The van der Waals surface area contributed by atoms with Crippen LogP contribution in [-0.2, 0) is 9.84 Å². The highest BCUT2D eigenvalue weighted by atomic mass is 32.2. The van der Waals surface area contributed by atoms with E-state index in [9.17, 15) is 21.6 Å². The first-order chi connectivity index (χ1) is 8.73. The van der Waals surface area contributed by atoms with Crippen LogP contribution in [-0.4, -0.2) is 33.5 Å². The number of rotatable bonds is 5. The summed E-state index contributed by atoms with van der Waals surface area (Å²) in [5, 5.41) is -2.49. The number of alkyl halides is 3. The van der Waals surface area contributed by atoms with Crippen molar-refractivity contribution in [3.8, 4) is 5.75 Å². The Hall–Kier alpha value is -1.28. The van der Waals surface area contributed by atoms with E-state index in [0.717, 1.165) is 12.1 Å². The van der Waals surface area contributed by atoms with Gasteiger partial charge in [0.1, 0.15) is 5.75 Å². The summed E-state index contributed by atoms with van der Waals surface area (Å²) in [5.74, 6) is 0.362. The molecule has 1 rings (SSSR count). The molecule has 0 amide bonds. The van der Waals surface area contributed by atoms with Gasteiger partial charge in [0.25, 0.3) is 0 Å². The quantitative estimate of drug-likeness (QED) is 0.899. The maximum Gasteiger partial charge on any atom is 0.405 e. The monoisotopic (exact) mass is 297 g/mol. The Balaban J connectivity index is 3.19. The minimum Gasteiger partial charge on any atom is -0.497 e. The summed E-state index contributed by atoms with van der Waals surface area (Å²) in [6.07, 6.45) is -5.52. The summed E-state index contributed by atoms with van der Waals surface area (Å²) in [5.41, 5.74) is 5.06. The second-order valence-electron chi connectivity index (χ2n) is 3.83. The number of ether oxygens (including phenoxy) is 1. The molecule has 2 N–H and O–H groups in total. The molecule has 0 aliphatic rings. The number of benzene rings is 1. The zero-order valence-corrected chi connectivity index (χ0v) is 11.0. The molecule has 0 aliphatic carbocycles. The average molecular weight is 297 g/mol. The Morgan fingerprint density at radius 3 is 2.16 bits per heavy atom. The van der Waals surface area contributed by atoms with Crippen LogP contribution < -0.4 is 10.5 Å². The second-order valence-corrected chi connectivity index (χ2v) is 5.96. The van der Waals surface area contributed by atoms with Crippen molar-refractivity contribution in [1.82, 2.24) is 0 Å². The normalized spacial score (nSPS) is 14.2. The summed E-state index contributed by atoms with van der Waals surface area (Å²) < 4.78 is 67.0. The van der Waals surface area contributed by atoms with E-state index < -0.39 is 32.6 Å². The van der Waals surface area contributed by atoms with Crippen LogP contribution in [0.1, 0.15) is 6.42 Å². The summed E-state index contributed by atoms with van der Waals surface area (Å²) in [6.45, 7) is -0.362. The maximum atomic E-state index is 12.8. The molecule has 0 saturated heterocycles. The molecule has 108 valence electrons. The van der Waals surface area contributed by atoms with E-state index in [2.05, 4.69) is 0 Å². The number of halogens is 3. The average Bonchev–Trinajstić information content (AvgIpc) is 2.34. The highest BCUT2D eigenvalue weighted by Gasteiger charge is 2.48. The number of nitrogens with two attached hydrogens (primary N) is 1. The van der Waals surface area contributed by atoms with Crippen LogP contribution in [0.15, 0.2) is 29.2 Å². The first-order valence-electron chi connectivity index (χ1n) is 5.38. The van der Waals surface area contributed by atoms with Gasteiger partial charge >= 0.3 is 6.18 Å². The SMILES string of the molecule is COc1ccc(S(=O)(=O)C(CCN)C(F)(F)F)cc1. The predicted molar refractivity (Wildman–Crippen MR) is 63.7 cm³/mol. The van der Waals surface area contributed by atoms with Crippen molar-refractivity contribution in [2.75, 3.05) is 13.7 Å². The van der Waals surface area contributed by atoms with Crippen LogP contribution in [0, 0.1) is 0 Å². The molecule has 0 bridgehead atoms. The zero-order valence-electron chi connectivity index (χ0n) is 10.1. The van der Waals surface area contributed by atoms with E-state index in [4.69, 9.17) is 10.5 Å². The third-order valence-corrected chi connectivity index (χ3v) is 4.74. The molecule has 1 aromatic rings. The first kappa shape index (κ1) is 15.8. The van der Waals surface area contributed by atoms with Crippen molar-refractivity contribution >= 4 is 9.84 Å². The Kier molecular flexibility index (Phi) is 4.81. The molecular formula is C11H14F3NO3S. The van der Waals surface area contributed by atoms with Crippen LogP contribution in [0.3, 0.4) is 0 Å². The van der Waals surface area contributed by atoms with Crippen molar-refractivity contribution in [2.24, 2.45) is 5.73 Å². The van der Waals surface area contributed by atoms with Gasteiger partial charge in [0.2, 0.25) is 0 Å². The fourth-order valence-corrected chi connectivity index (χ4v) is 3.22. The molecule has 8 heteroatoms. The van der Waals surface area contributed by atoms with Crippen LogP contribution in [0.2, 0.25) is 0 Å². The van der Waals surface area contributed by atoms with Gasteiger partial charge < -0.3 is 10.5 Å². The largest absolute Gasteiger partial charge is 0.497 e. The lowest BCUT2D eigenvalue weighted by molar-refractivity contribution is -0.131. The lowest BCUT2D eigenvalue weighted by atomic mass is 10.3. The Morgan fingerprint density at radius 2 is 1.79 bits per heavy atom. The number of hydrogen-bond donors (Lipinski definition) is 1. The number of methoxy groups -OCH3 is 1. The highest BCUT2D eigenvalue weighted by Crippen LogP contribution is 2.32. The van der Waals surface area contributed by atoms with E-state index in [-0.39, 0.29) is 6.54 Å². The zero-order chi connectivity index (χ0) is 14.7. The van der Waals surface area contributed by atoms with Crippen molar-refractivity contribution in [3.05, 3.63) is 24.3 Å². The van der Waals surface area contributed by atoms with E-state index in [1.807, 2.05) is 0 Å². The fraction of sp³-hybridized carbons (Fsp3) is 0.455. The second kappa shape index (κ2) is 5.79. The Bertz CT molecular complexity index is 511. The topological polar surface area (TPSA) is 69.4 Å². The minimum atomic E-state index is -4.85. The van der Waals surface area contributed by atoms with Crippen molar-refractivity contribution in [1.29, 1.82) is 0 Å². The van der Waals surface area contributed by atoms with Crippen molar-refractivity contribution < 1.29 is 26.3 Å². The summed E-state index contributed by atoms with van der Waals surface area (Å²) in [7, 11) is -3.13. The first-order valence-corrected chi connectivity index (χ1v) is 6.93. The van der Waals surface area contributed by atoms with Gasteiger partial charge in [0.05, 0.1) is 12.0 Å². The van der Waals surface area contributed by atoms with E-state index in [1.165, 1.54) is 19.2 Å². The molecule has 0 saturated carbocycles. The number of sulfone groups is 1. The van der Waals surface area contributed by atoms with Crippen LogP contribution in [0.4, 0.5) is 13.2 Å². The molecule has 1 aromatic carbocycles. The van der Waals surface area contributed by atoms with E-state index in [1.54, 1.807) is 0 Å². The highest BCUT2D eigenvalue weighted by molar-refractivity contribution is 7.92. The van der Waals surface area contributed by atoms with Gasteiger partial charge in [-0.05, 0) is 37.2 Å². The van der Waals surface area contributed by atoms with Gasteiger partial charge in [-0.25, -0.2) is 8.42 Å². The molecule has 1 atom stereocenters. The van der Waals surface area contributed by atoms with E-state index in [0.29, 0.717) is 5.75 Å². The standard InChI is InChI=1S/C11H14F3NO3S/c1-18-8-2-4-9(5-3-8)19(16,17)10(6-7-15)11(12,13)14/h2-5,10H,6-7,15H2,1H3. The van der Waals surface area contributed by atoms with Gasteiger partial charge in [-0.1, -0.05) is 0 Å². The predicted octanol–water partition coefficient (Wildman–Crippen LogP) is 1.75. The molecule has 0 spiro atoms. The Labute approximate surface area is 109 Å². The van der Waals surface area contributed by atoms with Gasteiger partial charge in [-0.2, -0.15) is 13.2 Å². The summed E-state index contributed by atoms with van der Waals surface area (Å²) in [6, 6.07) is 4.76. The molecule has 1 unspecified atom stereocenters. The lowest BCUT2D eigenvalue weighted by Crippen LogP contribution is -2.38. The lowest BCUT2D eigenvalue weighted by Gasteiger charge is -2.20. The molecule has 0 aromatic heterocycles. The number of hydrogen-bond acceptors (Lipinski definition) is 4. The fourth-order valence-electron chi connectivity index (χ4n) is 1.58. The van der Waals surface area contributed by atoms with Crippen LogP contribution in [0.5, 0.6) is 5.75 Å². The molecular weight excluding hydrogens is 283 g/mol. The van der Waals surface area contributed by atoms with Crippen LogP contribution >= 0.6 is 0 Å². The smallest absolute Gasteiger partial charge is 0.405 e. The molecule has 0 heterocycles. The van der Waals surface area contributed by atoms with Gasteiger partial charge in [0, 0.05) is 0 Å². The Morgan fingerprint density at radius 1 is 1.26 bits per heavy atom. The summed E-state index contributed by atoms with van der Waals surface area (Å²) >= 11 is 0. The molecule has 4 nitrogen and oxygen atoms in total. The minimum absolute atomic E-state index is 0.362. The third-order valence-electron chi connectivity index (χ3n) is 2.56. The summed E-state index contributed by atoms with van der Waals surface area (Å²) in [4.78, 5) is -0.399. The third kappa shape index (κ3) is 3.60. The maximum absolute atomic E-state index is 12.8. The van der Waals surface area contributed by atoms with Gasteiger partial charge in [0.15, 0.2) is 15.1 Å². The molecule has 0 radical (unpaired) electrons.